The normalized spacial score (nSPS) is 11.9. The zero-order valence-electron chi connectivity index (χ0n) is 17.3. The molecule has 3 N–H and O–H groups in total. The van der Waals surface area contributed by atoms with E-state index < -0.39 is 0 Å². The van der Waals surface area contributed by atoms with Gasteiger partial charge in [-0.1, -0.05) is 54.6 Å². The molecule has 4 nitrogen and oxygen atoms in total. The minimum atomic E-state index is -0.135. The van der Waals surface area contributed by atoms with E-state index >= 15 is 0 Å². The van der Waals surface area contributed by atoms with Crippen LogP contribution in [0.3, 0.4) is 0 Å². The molecule has 0 saturated heterocycles. The Balaban J connectivity index is 1.64. The number of carbonyl (C=O) groups excluding carboxylic acids is 1. The zero-order valence-corrected chi connectivity index (χ0v) is 19.4. The van der Waals surface area contributed by atoms with Crippen molar-refractivity contribution in [2.75, 3.05) is 6.54 Å². The molecule has 0 unspecified atom stereocenters. The average molecular weight is 514 g/mol. The second-order valence-corrected chi connectivity index (χ2v) is 8.65. The molecule has 0 saturated carbocycles. The van der Waals surface area contributed by atoms with Crippen molar-refractivity contribution in [3.63, 3.8) is 0 Å². The predicted octanol–water partition coefficient (Wildman–Crippen LogP) is 5.05. The first kappa shape index (κ1) is 22.3. The summed E-state index contributed by atoms with van der Waals surface area (Å²) in [5.41, 5.74) is 10.0. The van der Waals surface area contributed by atoms with Crippen LogP contribution in [-0.4, -0.2) is 24.6 Å². The van der Waals surface area contributed by atoms with Crippen molar-refractivity contribution in [1.29, 1.82) is 0 Å². The van der Waals surface area contributed by atoms with Crippen LogP contribution < -0.4 is 15.8 Å². The van der Waals surface area contributed by atoms with Crippen molar-refractivity contribution < 1.29 is 9.53 Å². The van der Waals surface area contributed by atoms with Gasteiger partial charge in [0.15, 0.2) is 0 Å². The van der Waals surface area contributed by atoms with Gasteiger partial charge in [0.25, 0.3) is 5.91 Å². The van der Waals surface area contributed by atoms with Gasteiger partial charge in [-0.3, -0.25) is 4.79 Å². The topological polar surface area (TPSA) is 64.3 Å². The molecular weight excluding hydrogens is 487 g/mol. The highest BCUT2D eigenvalue weighted by Crippen LogP contribution is 2.23. The molecule has 3 aromatic carbocycles. The maximum absolute atomic E-state index is 12.7. The van der Waals surface area contributed by atoms with Crippen LogP contribution in [0.25, 0.3) is 11.1 Å². The molecule has 30 heavy (non-hydrogen) atoms. The molecule has 5 heteroatoms. The summed E-state index contributed by atoms with van der Waals surface area (Å²) in [4.78, 5) is 12.7. The molecule has 3 aromatic rings. The summed E-state index contributed by atoms with van der Waals surface area (Å²) in [5, 5.41) is 3.06. The summed E-state index contributed by atoms with van der Waals surface area (Å²) < 4.78 is 6.66. The molecule has 1 amide bonds. The SMILES string of the molecule is CC(C)Oc1ccc(C(=O)N[C@H](CN)Cc2ccc(-c3ccccc3)cc2)cc1I. The van der Waals surface area contributed by atoms with Crippen LogP contribution in [0, 0.1) is 3.57 Å². The number of hydrogen-bond acceptors (Lipinski definition) is 3. The van der Waals surface area contributed by atoms with Crippen molar-refractivity contribution >= 4 is 28.5 Å². The van der Waals surface area contributed by atoms with Crippen molar-refractivity contribution in [3.8, 4) is 16.9 Å². The van der Waals surface area contributed by atoms with E-state index in [9.17, 15) is 4.79 Å². The van der Waals surface area contributed by atoms with E-state index in [0.29, 0.717) is 18.5 Å². The molecule has 0 aromatic heterocycles. The Morgan fingerprint density at radius 2 is 1.67 bits per heavy atom. The van der Waals surface area contributed by atoms with Gasteiger partial charge in [-0.05, 0) is 77.7 Å². The maximum atomic E-state index is 12.7. The van der Waals surface area contributed by atoms with Crippen LogP contribution in [0.2, 0.25) is 0 Å². The Morgan fingerprint density at radius 3 is 2.27 bits per heavy atom. The number of ether oxygens (including phenoxy) is 1. The van der Waals surface area contributed by atoms with Crippen LogP contribution in [0.5, 0.6) is 5.75 Å². The molecule has 0 fully saturated rings. The van der Waals surface area contributed by atoms with Gasteiger partial charge >= 0.3 is 0 Å². The number of nitrogens with one attached hydrogen (secondary N) is 1. The quantitative estimate of drug-likeness (QED) is 0.414. The lowest BCUT2D eigenvalue weighted by Gasteiger charge is -2.18. The van der Waals surface area contributed by atoms with E-state index in [4.69, 9.17) is 10.5 Å². The van der Waals surface area contributed by atoms with Gasteiger partial charge in [0, 0.05) is 18.2 Å². The lowest BCUT2D eigenvalue weighted by Crippen LogP contribution is -2.41. The number of nitrogens with two attached hydrogens (primary N) is 1. The molecule has 1 atom stereocenters. The van der Waals surface area contributed by atoms with Gasteiger partial charge in [-0.25, -0.2) is 0 Å². The van der Waals surface area contributed by atoms with Crippen LogP contribution >= 0.6 is 22.6 Å². The molecule has 0 aliphatic carbocycles. The second kappa shape index (κ2) is 10.6. The highest BCUT2D eigenvalue weighted by molar-refractivity contribution is 14.1. The standard InChI is InChI=1S/C25H27IN2O2/c1-17(2)30-24-13-12-21(15-23(24)26)25(29)28-22(16-27)14-18-8-10-20(11-9-18)19-6-4-3-5-7-19/h3-13,15,17,22H,14,16,27H2,1-2H3,(H,28,29)/t22-/m0/s1. The molecule has 3 rings (SSSR count). The van der Waals surface area contributed by atoms with Crippen LogP contribution in [-0.2, 0) is 6.42 Å². The van der Waals surface area contributed by atoms with Crippen LogP contribution in [0.15, 0.2) is 72.8 Å². The van der Waals surface area contributed by atoms with Crippen molar-refractivity contribution in [2.45, 2.75) is 32.4 Å². The lowest BCUT2D eigenvalue weighted by atomic mass is 10.0. The monoisotopic (exact) mass is 514 g/mol. The highest BCUT2D eigenvalue weighted by Gasteiger charge is 2.15. The Kier molecular flexibility index (Phi) is 7.87. The molecule has 0 spiro atoms. The van der Waals surface area contributed by atoms with E-state index in [1.165, 1.54) is 11.1 Å². The van der Waals surface area contributed by atoms with Crippen molar-refractivity contribution in [1.82, 2.24) is 5.32 Å². The molecule has 0 bridgehead atoms. The first-order valence-electron chi connectivity index (χ1n) is 10.1. The molecule has 0 aliphatic rings. The maximum Gasteiger partial charge on any atom is 0.251 e. The Bertz CT molecular complexity index is 972. The molecular formula is C25H27IN2O2. The highest BCUT2D eigenvalue weighted by atomic mass is 127. The number of amides is 1. The van der Waals surface area contributed by atoms with E-state index in [2.05, 4.69) is 64.3 Å². The average Bonchev–Trinajstić information content (AvgIpc) is 2.75. The Labute approximate surface area is 192 Å². The van der Waals surface area contributed by atoms with Crippen molar-refractivity contribution in [2.24, 2.45) is 5.73 Å². The molecule has 156 valence electrons. The largest absolute Gasteiger partial charge is 0.490 e. The third-order valence-corrected chi connectivity index (χ3v) is 5.56. The molecule has 0 aliphatic heterocycles. The fourth-order valence-electron chi connectivity index (χ4n) is 3.20. The van der Waals surface area contributed by atoms with Crippen LogP contribution in [0.4, 0.5) is 0 Å². The number of hydrogen-bond donors (Lipinski definition) is 2. The van der Waals surface area contributed by atoms with Gasteiger partial charge in [0.05, 0.1) is 9.67 Å². The third kappa shape index (κ3) is 6.06. The summed E-state index contributed by atoms with van der Waals surface area (Å²) in [6.07, 6.45) is 0.774. The number of rotatable bonds is 8. The summed E-state index contributed by atoms with van der Waals surface area (Å²) in [6.45, 7) is 4.33. The predicted molar refractivity (Wildman–Crippen MR) is 131 cm³/mol. The van der Waals surface area contributed by atoms with E-state index in [-0.39, 0.29) is 18.1 Å². The fraction of sp³-hybridized carbons (Fsp3) is 0.240. The smallest absolute Gasteiger partial charge is 0.251 e. The van der Waals surface area contributed by atoms with E-state index in [1.54, 1.807) is 6.07 Å². The lowest BCUT2D eigenvalue weighted by molar-refractivity contribution is 0.0938. The zero-order chi connectivity index (χ0) is 21.5. The first-order valence-corrected chi connectivity index (χ1v) is 11.2. The first-order chi connectivity index (χ1) is 14.5. The van der Waals surface area contributed by atoms with E-state index in [0.717, 1.165) is 14.9 Å². The summed E-state index contributed by atoms with van der Waals surface area (Å²) in [5.74, 6) is 0.663. The summed E-state index contributed by atoms with van der Waals surface area (Å²) >= 11 is 2.19. The van der Waals surface area contributed by atoms with Gasteiger partial charge in [0.1, 0.15) is 5.75 Å². The molecule has 0 radical (unpaired) electrons. The fourth-order valence-corrected chi connectivity index (χ4v) is 3.84. The van der Waals surface area contributed by atoms with Gasteiger partial charge in [0.2, 0.25) is 0 Å². The minimum absolute atomic E-state index is 0.0908. The number of carbonyl (C=O) groups is 1. The number of halogens is 1. The summed E-state index contributed by atoms with van der Waals surface area (Å²) in [7, 11) is 0. The van der Waals surface area contributed by atoms with Crippen LogP contribution in [0.1, 0.15) is 29.8 Å². The molecule has 0 heterocycles. The number of benzene rings is 3. The Morgan fingerprint density at radius 1 is 1.00 bits per heavy atom. The van der Waals surface area contributed by atoms with Gasteiger partial charge in [-0.2, -0.15) is 0 Å². The van der Waals surface area contributed by atoms with Gasteiger partial charge in [-0.15, -0.1) is 0 Å². The van der Waals surface area contributed by atoms with Gasteiger partial charge < -0.3 is 15.8 Å². The Hall–Kier alpha value is -2.38. The second-order valence-electron chi connectivity index (χ2n) is 7.48. The minimum Gasteiger partial charge on any atom is -0.490 e. The van der Waals surface area contributed by atoms with E-state index in [1.807, 2.05) is 44.2 Å². The third-order valence-electron chi connectivity index (χ3n) is 4.72. The van der Waals surface area contributed by atoms with Crippen molar-refractivity contribution in [3.05, 3.63) is 87.5 Å². The summed E-state index contributed by atoms with van der Waals surface area (Å²) in [6, 6.07) is 24.0.